The highest BCUT2D eigenvalue weighted by Gasteiger charge is 2.38. The van der Waals surface area contributed by atoms with Gasteiger partial charge in [-0.3, -0.25) is 4.98 Å². The fourth-order valence-corrected chi connectivity index (χ4v) is 4.42. The molecule has 3 atom stereocenters. The average Bonchev–Trinajstić information content (AvgIpc) is 3.10. The van der Waals surface area contributed by atoms with E-state index >= 15 is 0 Å². The second kappa shape index (κ2) is 5.42. The fourth-order valence-electron chi connectivity index (χ4n) is 4.42. The Balaban J connectivity index is 1.37. The molecule has 2 saturated carbocycles. The highest BCUT2D eigenvalue weighted by Crippen LogP contribution is 2.47. The smallest absolute Gasteiger partial charge is 0.0705 e. The highest BCUT2D eigenvalue weighted by atomic mass is 14.9. The van der Waals surface area contributed by atoms with Crippen LogP contribution in [-0.4, -0.2) is 11.5 Å². The van der Waals surface area contributed by atoms with Crippen molar-refractivity contribution in [3.05, 3.63) is 41.6 Å². The summed E-state index contributed by atoms with van der Waals surface area (Å²) in [7, 11) is 0. The molecule has 4 rings (SSSR count). The number of nitrogens with one attached hydrogen (secondary N) is 1. The molecule has 2 aliphatic rings. The Morgan fingerprint density at radius 2 is 2.10 bits per heavy atom. The third kappa shape index (κ3) is 2.69. The zero-order chi connectivity index (χ0) is 14.2. The van der Waals surface area contributed by atoms with Crippen LogP contribution in [0.3, 0.4) is 0 Å². The topological polar surface area (TPSA) is 24.9 Å². The zero-order valence-corrected chi connectivity index (χ0v) is 12.8. The molecule has 1 heterocycles. The zero-order valence-electron chi connectivity index (χ0n) is 12.8. The van der Waals surface area contributed by atoms with Gasteiger partial charge in [0.05, 0.1) is 5.52 Å². The minimum absolute atomic E-state index is 0.938. The van der Waals surface area contributed by atoms with Gasteiger partial charge in [-0.2, -0.15) is 0 Å². The number of nitrogens with zero attached hydrogens (tertiary/aromatic N) is 1. The summed E-state index contributed by atoms with van der Waals surface area (Å²) in [5, 5.41) is 4.93. The Bertz CT molecular complexity index is 649. The van der Waals surface area contributed by atoms with Gasteiger partial charge in [0.15, 0.2) is 0 Å². The number of pyridine rings is 1. The maximum Gasteiger partial charge on any atom is 0.0705 e. The van der Waals surface area contributed by atoms with E-state index in [9.17, 15) is 0 Å². The molecule has 0 radical (unpaired) electrons. The van der Waals surface area contributed by atoms with E-state index < -0.39 is 0 Å². The molecule has 2 nitrogen and oxygen atoms in total. The van der Waals surface area contributed by atoms with Gasteiger partial charge in [0.2, 0.25) is 0 Å². The molecule has 110 valence electrons. The van der Waals surface area contributed by atoms with Gasteiger partial charge in [0, 0.05) is 17.6 Å². The van der Waals surface area contributed by atoms with Crippen molar-refractivity contribution in [3.63, 3.8) is 0 Å². The van der Waals surface area contributed by atoms with Crippen LogP contribution in [0.15, 0.2) is 30.3 Å². The Hall–Kier alpha value is -1.41. The summed E-state index contributed by atoms with van der Waals surface area (Å²) >= 11 is 0. The van der Waals surface area contributed by atoms with Crippen LogP contribution in [0.1, 0.15) is 36.9 Å². The molecule has 0 saturated heterocycles. The van der Waals surface area contributed by atoms with E-state index in [2.05, 4.69) is 40.6 Å². The Labute approximate surface area is 127 Å². The van der Waals surface area contributed by atoms with Gasteiger partial charge in [-0.05, 0) is 74.2 Å². The average molecular weight is 280 g/mol. The van der Waals surface area contributed by atoms with E-state index in [0.29, 0.717) is 0 Å². The molecule has 2 fully saturated rings. The number of aryl methyl sites for hydroxylation is 1. The maximum absolute atomic E-state index is 4.57. The van der Waals surface area contributed by atoms with Gasteiger partial charge in [0.25, 0.3) is 0 Å². The van der Waals surface area contributed by atoms with Crippen molar-refractivity contribution in [2.24, 2.45) is 17.8 Å². The van der Waals surface area contributed by atoms with Crippen LogP contribution in [0, 0.1) is 24.7 Å². The van der Waals surface area contributed by atoms with Crippen molar-refractivity contribution < 1.29 is 0 Å². The lowest BCUT2D eigenvalue weighted by atomic mass is 9.89. The molecule has 1 N–H and O–H groups in total. The second-order valence-electron chi connectivity index (χ2n) is 7.05. The summed E-state index contributed by atoms with van der Waals surface area (Å²) in [6.45, 7) is 4.23. The predicted octanol–water partition coefficient (Wildman–Crippen LogP) is 4.07. The van der Waals surface area contributed by atoms with E-state index in [1.54, 1.807) is 0 Å². The van der Waals surface area contributed by atoms with Crippen molar-refractivity contribution >= 4 is 10.9 Å². The van der Waals surface area contributed by atoms with Crippen LogP contribution in [0.2, 0.25) is 0 Å². The third-order valence-corrected chi connectivity index (χ3v) is 5.51. The molecular formula is C19H24N2. The first-order valence-electron chi connectivity index (χ1n) is 8.35. The summed E-state index contributed by atoms with van der Waals surface area (Å²) in [6, 6.07) is 10.9. The first-order valence-corrected chi connectivity index (χ1v) is 8.35. The number of hydrogen-bond acceptors (Lipinski definition) is 2. The lowest BCUT2D eigenvalue weighted by Gasteiger charge is -2.21. The number of benzene rings is 1. The van der Waals surface area contributed by atoms with E-state index in [-0.39, 0.29) is 0 Å². The fraction of sp³-hybridized carbons (Fsp3) is 0.526. The molecule has 0 amide bonds. The predicted molar refractivity (Wildman–Crippen MR) is 87.1 cm³/mol. The number of aromatic nitrogens is 1. The first kappa shape index (κ1) is 13.3. The lowest BCUT2D eigenvalue weighted by molar-refractivity contribution is 0.318. The number of hydrogen-bond donors (Lipinski definition) is 1. The molecule has 3 unspecified atom stereocenters. The minimum Gasteiger partial charge on any atom is -0.312 e. The molecule has 0 spiro atoms. The van der Waals surface area contributed by atoms with Gasteiger partial charge in [-0.1, -0.05) is 18.6 Å². The SMILES string of the molecule is Cc1ccc2cc(CNCC3CC4CCC3C4)ccc2n1. The van der Waals surface area contributed by atoms with Crippen LogP contribution >= 0.6 is 0 Å². The van der Waals surface area contributed by atoms with Crippen LogP contribution in [0.4, 0.5) is 0 Å². The van der Waals surface area contributed by atoms with E-state index in [4.69, 9.17) is 0 Å². The van der Waals surface area contributed by atoms with Gasteiger partial charge in [0.1, 0.15) is 0 Å². The highest BCUT2D eigenvalue weighted by molar-refractivity contribution is 5.79. The molecule has 2 aromatic rings. The third-order valence-electron chi connectivity index (χ3n) is 5.51. The van der Waals surface area contributed by atoms with Crippen molar-refractivity contribution in [1.82, 2.24) is 10.3 Å². The summed E-state index contributed by atoms with van der Waals surface area (Å²) in [4.78, 5) is 4.57. The van der Waals surface area contributed by atoms with Crippen LogP contribution in [-0.2, 0) is 6.54 Å². The summed E-state index contributed by atoms with van der Waals surface area (Å²) < 4.78 is 0. The standard InChI is InChI=1S/C19H24N2/c1-13-2-5-17-10-15(4-7-19(17)21-13)11-20-12-18-9-14-3-6-16(18)8-14/h2,4-5,7,10,14,16,18,20H,3,6,8-9,11-12H2,1H3. The number of fused-ring (bicyclic) bond motifs is 3. The van der Waals surface area contributed by atoms with Crippen molar-refractivity contribution in [3.8, 4) is 0 Å². The van der Waals surface area contributed by atoms with Gasteiger partial charge in [-0.25, -0.2) is 0 Å². The van der Waals surface area contributed by atoms with E-state index in [0.717, 1.165) is 35.5 Å². The van der Waals surface area contributed by atoms with E-state index in [1.807, 2.05) is 6.92 Å². The van der Waals surface area contributed by atoms with Crippen LogP contribution in [0.25, 0.3) is 10.9 Å². The maximum atomic E-state index is 4.57. The quantitative estimate of drug-likeness (QED) is 0.913. The lowest BCUT2D eigenvalue weighted by Crippen LogP contribution is -2.26. The Morgan fingerprint density at radius 3 is 2.90 bits per heavy atom. The Morgan fingerprint density at radius 1 is 1.14 bits per heavy atom. The molecule has 0 aliphatic heterocycles. The molecule has 1 aromatic heterocycles. The van der Waals surface area contributed by atoms with Gasteiger partial charge >= 0.3 is 0 Å². The van der Waals surface area contributed by atoms with E-state index in [1.165, 1.54) is 43.2 Å². The summed E-state index contributed by atoms with van der Waals surface area (Å²) in [5.74, 6) is 3.01. The van der Waals surface area contributed by atoms with Crippen molar-refractivity contribution in [2.45, 2.75) is 39.2 Å². The monoisotopic (exact) mass is 280 g/mol. The largest absolute Gasteiger partial charge is 0.312 e. The molecule has 21 heavy (non-hydrogen) atoms. The first-order chi connectivity index (χ1) is 10.3. The van der Waals surface area contributed by atoms with Crippen molar-refractivity contribution in [2.75, 3.05) is 6.54 Å². The number of rotatable bonds is 4. The molecule has 1 aromatic carbocycles. The second-order valence-corrected chi connectivity index (χ2v) is 7.05. The normalized spacial score (nSPS) is 27.6. The molecule has 2 aliphatic carbocycles. The minimum atomic E-state index is 0.938. The van der Waals surface area contributed by atoms with Crippen molar-refractivity contribution in [1.29, 1.82) is 0 Å². The van der Waals surface area contributed by atoms with Crippen LogP contribution in [0.5, 0.6) is 0 Å². The molecule has 2 heteroatoms. The molecule has 2 bridgehead atoms. The van der Waals surface area contributed by atoms with Gasteiger partial charge in [-0.15, -0.1) is 0 Å². The van der Waals surface area contributed by atoms with Crippen LogP contribution < -0.4 is 5.32 Å². The summed E-state index contributed by atoms with van der Waals surface area (Å²) in [5.41, 5.74) is 3.56. The van der Waals surface area contributed by atoms with Gasteiger partial charge < -0.3 is 5.32 Å². The Kier molecular flexibility index (Phi) is 3.42. The summed E-state index contributed by atoms with van der Waals surface area (Å²) in [6.07, 6.45) is 5.96. The molecular weight excluding hydrogens is 256 g/mol.